The zero-order valence-electron chi connectivity index (χ0n) is 14.8. The van der Waals surface area contributed by atoms with Crippen LogP contribution in [0.5, 0.6) is 5.75 Å². The van der Waals surface area contributed by atoms with Crippen molar-refractivity contribution in [1.82, 2.24) is 10.3 Å². The van der Waals surface area contributed by atoms with E-state index in [-0.39, 0.29) is 11.8 Å². The molecule has 0 saturated heterocycles. The first-order valence-electron chi connectivity index (χ1n) is 8.61. The van der Waals surface area contributed by atoms with E-state index >= 15 is 0 Å². The molecule has 1 N–H and O–H groups in total. The minimum atomic E-state index is -0.251. The van der Waals surface area contributed by atoms with Crippen molar-refractivity contribution in [3.8, 4) is 5.75 Å². The van der Waals surface area contributed by atoms with Crippen LogP contribution in [0.2, 0.25) is 0 Å². The quantitative estimate of drug-likeness (QED) is 0.709. The summed E-state index contributed by atoms with van der Waals surface area (Å²) in [4.78, 5) is 17.0. The summed E-state index contributed by atoms with van der Waals surface area (Å²) in [6, 6.07) is 21.5. The molecule has 0 aliphatic rings. The predicted molar refractivity (Wildman–Crippen MR) is 102 cm³/mol. The third kappa shape index (κ3) is 4.70. The van der Waals surface area contributed by atoms with Crippen LogP contribution in [-0.2, 0) is 17.8 Å². The molecule has 1 atom stereocenters. The van der Waals surface area contributed by atoms with Gasteiger partial charge in [-0.1, -0.05) is 48.5 Å². The van der Waals surface area contributed by atoms with Crippen molar-refractivity contribution in [1.29, 1.82) is 0 Å². The molecule has 1 amide bonds. The van der Waals surface area contributed by atoms with E-state index in [9.17, 15) is 4.79 Å². The second kappa shape index (κ2) is 8.81. The molecule has 26 heavy (non-hydrogen) atoms. The first-order valence-corrected chi connectivity index (χ1v) is 8.61. The van der Waals surface area contributed by atoms with E-state index in [1.54, 1.807) is 13.3 Å². The summed E-state index contributed by atoms with van der Waals surface area (Å²) >= 11 is 0. The van der Waals surface area contributed by atoms with E-state index < -0.39 is 0 Å². The van der Waals surface area contributed by atoms with Gasteiger partial charge in [0.25, 0.3) is 0 Å². The van der Waals surface area contributed by atoms with Crippen molar-refractivity contribution >= 4 is 5.91 Å². The number of carbonyl (C=O) groups excluding carboxylic acids is 1. The number of methoxy groups -OCH3 is 1. The van der Waals surface area contributed by atoms with E-state index in [0.29, 0.717) is 13.0 Å². The Hall–Kier alpha value is -3.14. The summed E-state index contributed by atoms with van der Waals surface area (Å²) in [5.41, 5.74) is 3.08. The average molecular weight is 346 g/mol. The van der Waals surface area contributed by atoms with Gasteiger partial charge in [-0.05, 0) is 41.3 Å². The Labute approximate surface area is 153 Å². The highest BCUT2D eigenvalue weighted by Gasteiger charge is 2.20. The number of pyridine rings is 1. The lowest BCUT2D eigenvalue weighted by Gasteiger charge is -2.17. The highest BCUT2D eigenvalue weighted by molar-refractivity contribution is 5.84. The van der Waals surface area contributed by atoms with Gasteiger partial charge in [0, 0.05) is 18.9 Å². The molecule has 0 aliphatic heterocycles. The number of ether oxygens (including phenoxy) is 1. The summed E-state index contributed by atoms with van der Waals surface area (Å²) in [6.45, 7) is 0.485. The predicted octanol–water partition coefficient (Wildman–Crippen LogP) is 3.73. The highest BCUT2D eigenvalue weighted by Crippen LogP contribution is 2.21. The Kier molecular flexibility index (Phi) is 5.99. The van der Waals surface area contributed by atoms with E-state index in [0.717, 1.165) is 22.4 Å². The van der Waals surface area contributed by atoms with Crippen molar-refractivity contribution in [3.05, 3.63) is 95.8 Å². The largest absolute Gasteiger partial charge is 0.497 e. The Morgan fingerprint density at radius 1 is 1.00 bits per heavy atom. The third-order valence-corrected chi connectivity index (χ3v) is 4.31. The fourth-order valence-corrected chi connectivity index (χ4v) is 2.86. The fraction of sp³-hybridized carbons (Fsp3) is 0.182. The molecule has 1 heterocycles. The summed E-state index contributed by atoms with van der Waals surface area (Å²) in [6.07, 6.45) is 4.17. The van der Waals surface area contributed by atoms with Gasteiger partial charge >= 0.3 is 0 Å². The smallest absolute Gasteiger partial charge is 0.228 e. The van der Waals surface area contributed by atoms with Gasteiger partial charge in [0.2, 0.25) is 5.91 Å². The van der Waals surface area contributed by atoms with Gasteiger partial charge in [-0.25, -0.2) is 0 Å². The number of carbonyl (C=O) groups is 1. The standard InChI is InChI=1S/C22H22N2O2/c1-26-20-11-9-17(10-12-20)16-24-22(25)21(19-7-3-2-4-8-19)14-18-6-5-13-23-15-18/h2-13,15,21H,14,16H2,1H3,(H,24,25). The van der Waals surface area contributed by atoms with E-state index in [1.807, 2.05) is 72.9 Å². The number of amides is 1. The monoisotopic (exact) mass is 346 g/mol. The number of nitrogens with zero attached hydrogens (tertiary/aromatic N) is 1. The lowest BCUT2D eigenvalue weighted by atomic mass is 9.91. The van der Waals surface area contributed by atoms with Crippen LogP contribution in [0.25, 0.3) is 0 Å². The molecule has 0 radical (unpaired) electrons. The maximum Gasteiger partial charge on any atom is 0.228 e. The Bertz CT molecular complexity index is 818. The summed E-state index contributed by atoms with van der Waals surface area (Å²) < 4.78 is 5.16. The maximum atomic E-state index is 12.9. The SMILES string of the molecule is COc1ccc(CNC(=O)C(Cc2cccnc2)c2ccccc2)cc1. The molecule has 1 unspecified atom stereocenters. The second-order valence-corrected chi connectivity index (χ2v) is 6.09. The molecule has 3 aromatic rings. The van der Waals surface area contributed by atoms with Crippen molar-refractivity contribution in [2.45, 2.75) is 18.9 Å². The lowest BCUT2D eigenvalue weighted by molar-refractivity contribution is -0.122. The van der Waals surface area contributed by atoms with Crippen LogP contribution in [0.3, 0.4) is 0 Å². The molecule has 3 rings (SSSR count). The van der Waals surface area contributed by atoms with Gasteiger partial charge in [0.1, 0.15) is 5.75 Å². The van der Waals surface area contributed by atoms with E-state index in [2.05, 4.69) is 10.3 Å². The van der Waals surface area contributed by atoms with Crippen LogP contribution in [0.1, 0.15) is 22.6 Å². The van der Waals surface area contributed by atoms with Crippen molar-refractivity contribution in [3.63, 3.8) is 0 Å². The second-order valence-electron chi connectivity index (χ2n) is 6.09. The molecule has 0 spiro atoms. The van der Waals surface area contributed by atoms with Gasteiger partial charge in [-0.2, -0.15) is 0 Å². The van der Waals surface area contributed by atoms with Gasteiger partial charge in [-0.15, -0.1) is 0 Å². The molecular weight excluding hydrogens is 324 g/mol. The Balaban J connectivity index is 1.71. The summed E-state index contributed by atoms with van der Waals surface area (Å²) in [7, 11) is 1.64. The molecule has 2 aromatic carbocycles. The van der Waals surface area contributed by atoms with Crippen molar-refractivity contribution in [2.75, 3.05) is 7.11 Å². The van der Waals surface area contributed by atoms with Gasteiger partial charge in [0.15, 0.2) is 0 Å². The molecule has 1 aromatic heterocycles. The zero-order chi connectivity index (χ0) is 18.2. The maximum absolute atomic E-state index is 12.9. The molecule has 0 saturated carbocycles. The first kappa shape index (κ1) is 17.7. The highest BCUT2D eigenvalue weighted by atomic mass is 16.5. The van der Waals surface area contributed by atoms with Gasteiger partial charge < -0.3 is 10.1 Å². The number of rotatable bonds is 7. The molecule has 0 fully saturated rings. The van der Waals surface area contributed by atoms with E-state index in [1.165, 1.54) is 0 Å². The third-order valence-electron chi connectivity index (χ3n) is 4.31. The van der Waals surface area contributed by atoms with Gasteiger partial charge in [0.05, 0.1) is 13.0 Å². The van der Waals surface area contributed by atoms with Crippen molar-refractivity contribution in [2.24, 2.45) is 0 Å². The number of benzene rings is 2. The van der Waals surface area contributed by atoms with Crippen LogP contribution in [0.15, 0.2) is 79.1 Å². The minimum Gasteiger partial charge on any atom is -0.497 e. The van der Waals surface area contributed by atoms with Crippen molar-refractivity contribution < 1.29 is 9.53 Å². The van der Waals surface area contributed by atoms with Crippen LogP contribution in [0, 0.1) is 0 Å². The van der Waals surface area contributed by atoms with Gasteiger partial charge in [-0.3, -0.25) is 9.78 Å². The first-order chi connectivity index (χ1) is 12.8. The lowest BCUT2D eigenvalue weighted by Crippen LogP contribution is -2.30. The number of aromatic nitrogens is 1. The number of hydrogen-bond acceptors (Lipinski definition) is 3. The Morgan fingerprint density at radius 2 is 1.77 bits per heavy atom. The van der Waals surface area contributed by atoms with Crippen LogP contribution in [0.4, 0.5) is 0 Å². The average Bonchev–Trinajstić information content (AvgIpc) is 2.72. The normalized spacial score (nSPS) is 11.6. The molecule has 4 heteroatoms. The topological polar surface area (TPSA) is 51.2 Å². The summed E-state index contributed by atoms with van der Waals surface area (Å²) in [5.74, 6) is 0.563. The summed E-state index contributed by atoms with van der Waals surface area (Å²) in [5, 5.41) is 3.06. The molecule has 132 valence electrons. The molecular formula is C22H22N2O2. The number of hydrogen-bond donors (Lipinski definition) is 1. The Morgan fingerprint density at radius 3 is 2.42 bits per heavy atom. The van der Waals surface area contributed by atoms with Crippen LogP contribution in [-0.4, -0.2) is 18.0 Å². The fourth-order valence-electron chi connectivity index (χ4n) is 2.86. The zero-order valence-corrected chi connectivity index (χ0v) is 14.8. The molecule has 0 bridgehead atoms. The van der Waals surface area contributed by atoms with Crippen LogP contribution >= 0.6 is 0 Å². The van der Waals surface area contributed by atoms with Crippen LogP contribution < -0.4 is 10.1 Å². The van der Waals surface area contributed by atoms with E-state index in [4.69, 9.17) is 4.74 Å². The minimum absolute atomic E-state index is 0.0101. The molecule has 0 aliphatic carbocycles. The number of nitrogens with one attached hydrogen (secondary N) is 1. The molecule has 4 nitrogen and oxygen atoms in total.